The summed E-state index contributed by atoms with van der Waals surface area (Å²) in [6, 6.07) is 20.9. The van der Waals surface area contributed by atoms with Gasteiger partial charge in [0.25, 0.3) is 5.91 Å². The monoisotopic (exact) mass is 935 g/mol. The summed E-state index contributed by atoms with van der Waals surface area (Å²) in [5, 5.41) is 40.9. The fourth-order valence-corrected chi connectivity index (χ4v) is 10.6. The first-order chi connectivity index (χ1) is 32.3. The van der Waals surface area contributed by atoms with E-state index in [1.165, 1.54) is 26.0 Å². The quantitative estimate of drug-likeness (QED) is 0.0525. The largest absolute Gasteiger partial charge is 0.493 e. The molecule has 1 heterocycles. The van der Waals surface area contributed by atoms with Crippen LogP contribution in [0.1, 0.15) is 86.2 Å². The van der Waals surface area contributed by atoms with Gasteiger partial charge in [0.05, 0.1) is 42.3 Å². The summed E-state index contributed by atoms with van der Waals surface area (Å²) >= 11 is 0. The number of Topliss-reactive ketones (excluding diaryl/α,β-unsaturated/α-hetero) is 1. The molecule has 4 N–H and O–H groups in total. The van der Waals surface area contributed by atoms with Crippen LogP contribution in [-0.2, 0) is 42.9 Å². The molecule has 3 aliphatic carbocycles. The standard InChI is InChI=1S/C52H57NO15/c1-8-10-25-63-34-24-18-17-23-33(34)40(53-46(59)31-19-13-11-14-20-31)41(57)48(61)66-35-27-52(62)45(67-47(60)32-21-15-12-16-22-32)43-50(7,36(55)26-37-51(43,28-64-37)68-38(56)9-2)44(58)42(65-30(4)54)39(29(35)3)49(52,5)6/h8-9,11-24,35-37,40-43,45,55,57,62H,1-2,10,25-28H2,3-7H3,(H,53,59)/t35-,36-,37+,40-,41+,42+,43-,45-,50+,51-,52+/m0/s1. The zero-order chi connectivity index (χ0) is 49.3. The van der Waals surface area contributed by atoms with Gasteiger partial charge in [-0.25, -0.2) is 14.4 Å². The van der Waals surface area contributed by atoms with Crippen LogP contribution >= 0.6 is 0 Å². The second-order valence-electron chi connectivity index (χ2n) is 18.4. The number of ether oxygens (including phenoxy) is 6. The Morgan fingerprint density at radius 3 is 2.15 bits per heavy atom. The van der Waals surface area contributed by atoms with Gasteiger partial charge in [-0.2, -0.15) is 0 Å². The molecule has 68 heavy (non-hydrogen) atoms. The van der Waals surface area contributed by atoms with Crippen molar-refractivity contribution in [2.45, 2.75) is 108 Å². The second-order valence-corrected chi connectivity index (χ2v) is 18.4. The van der Waals surface area contributed by atoms with Crippen molar-refractivity contribution >= 4 is 35.6 Å². The van der Waals surface area contributed by atoms with E-state index >= 15 is 4.79 Å². The minimum Gasteiger partial charge on any atom is -0.493 e. The summed E-state index contributed by atoms with van der Waals surface area (Å²) in [5.41, 5.74) is -7.57. The van der Waals surface area contributed by atoms with E-state index < -0.39 is 113 Å². The molecule has 1 amide bonds. The van der Waals surface area contributed by atoms with Crippen LogP contribution in [0.5, 0.6) is 5.75 Å². The minimum absolute atomic E-state index is 0.0367. The Balaban J connectivity index is 1.39. The molecule has 16 nitrogen and oxygen atoms in total. The molecule has 3 aromatic carbocycles. The van der Waals surface area contributed by atoms with E-state index in [0.717, 1.165) is 13.0 Å². The van der Waals surface area contributed by atoms with Crippen LogP contribution in [-0.4, -0.2) is 112 Å². The summed E-state index contributed by atoms with van der Waals surface area (Å²) < 4.78 is 36.5. The Labute approximate surface area is 393 Å². The number of ketones is 1. The predicted octanol–water partition coefficient (Wildman–Crippen LogP) is 4.86. The van der Waals surface area contributed by atoms with Crippen molar-refractivity contribution in [3.8, 4) is 5.75 Å². The highest BCUT2D eigenvalue weighted by Gasteiger charge is 2.78. The maximum atomic E-state index is 15.6. The third-order valence-corrected chi connectivity index (χ3v) is 14.3. The number of hydrogen-bond acceptors (Lipinski definition) is 15. The first-order valence-electron chi connectivity index (χ1n) is 22.4. The third-order valence-electron chi connectivity index (χ3n) is 14.3. The van der Waals surface area contributed by atoms with Crippen LogP contribution in [0.25, 0.3) is 0 Å². The normalized spacial score (nSPS) is 29.9. The molecule has 16 heteroatoms. The predicted molar refractivity (Wildman–Crippen MR) is 243 cm³/mol. The van der Waals surface area contributed by atoms with Gasteiger partial charge in [-0.05, 0) is 61.7 Å². The van der Waals surface area contributed by atoms with Gasteiger partial charge in [0.2, 0.25) is 0 Å². The van der Waals surface area contributed by atoms with Gasteiger partial charge in [-0.1, -0.05) is 81.1 Å². The van der Waals surface area contributed by atoms with Crippen molar-refractivity contribution in [3.63, 3.8) is 0 Å². The lowest BCUT2D eigenvalue weighted by molar-refractivity contribution is -0.345. The molecule has 4 aliphatic rings. The molecule has 1 aliphatic heterocycles. The van der Waals surface area contributed by atoms with Gasteiger partial charge in [0, 0.05) is 42.4 Å². The number of benzene rings is 3. The third kappa shape index (κ3) is 8.54. The van der Waals surface area contributed by atoms with Gasteiger partial charge in [-0.15, -0.1) is 6.58 Å². The number of rotatable bonds is 15. The zero-order valence-electron chi connectivity index (χ0n) is 38.5. The molecule has 3 aromatic rings. The molecule has 0 spiro atoms. The van der Waals surface area contributed by atoms with Gasteiger partial charge in [0.1, 0.15) is 29.7 Å². The topological polar surface area (TPSA) is 231 Å². The Kier molecular flexibility index (Phi) is 14.0. The van der Waals surface area contributed by atoms with Crippen LogP contribution in [0, 0.1) is 16.7 Å². The number of carbonyl (C=O) groups is 6. The van der Waals surface area contributed by atoms with Crippen molar-refractivity contribution in [2.24, 2.45) is 16.7 Å². The molecule has 1 saturated heterocycles. The Bertz CT molecular complexity index is 2500. The molecular weight excluding hydrogens is 879 g/mol. The lowest BCUT2D eigenvalue weighted by Crippen LogP contribution is -2.82. The van der Waals surface area contributed by atoms with E-state index in [0.29, 0.717) is 6.42 Å². The molecule has 2 bridgehead atoms. The Morgan fingerprint density at radius 2 is 1.54 bits per heavy atom. The van der Waals surface area contributed by atoms with Crippen LogP contribution in [0.15, 0.2) is 121 Å². The molecule has 0 radical (unpaired) electrons. The van der Waals surface area contributed by atoms with Gasteiger partial charge in [0.15, 0.2) is 23.6 Å². The van der Waals surface area contributed by atoms with Crippen molar-refractivity contribution in [2.75, 3.05) is 13.2 Å². The highest BCUT2D eigenvalue weighted by molar-refractivity contribution is 5.96. The number of hydrogen-bond donors (Lipinski definition) is 4. The second kappa shape index (κ2) is 19.3. The van der Waals surface area contributed by atoms with Crippen LogP contribution in [0.4, 0.5) is 0 Å². The average Bonchev–Trinajstić information content (AvgIpc) is 3.32. The highest BCUT2D eigenvalue weighted by atomic mass is 16.6. The summed E-state index contributed by atoms with van der Waals surface area (Å²) in [5.74, 6) is -7.03. The number of nitrogens with one attached hydrogen (secondary N) is 1. The fraction of sp³-hybridized carbons (Fsp3) is 0.423. The van der Waals surface area contributed by atoms with E-state index in [9.17, 15) is 39.3 Å². The van der Waals surface area contributed by atoms with E-state index in [2.05, 4.69) is 18.5 Å². The van der Waals surface area contributed by atoms with E-state index in [-0.39, 0.29) is 53.2 Å². The smallest absolute Gasteiger partial charge is 0.338 e. The van der Waals surface area contributed by atoms with Gasteiger partial charge < -0.3 is 49.1 Å². The lowest BCUT2D eigenvalue weighted by Gasteiger charge is -2.67. The number of para-hydroxylation sites is 1. The Morgan fingerprint density at radius 1 is 0.912 bits per heavy atom. The zero-order valence-corrected chi connectivity index (χ0v) is 38.5. The first kappa shape index (κ1) is 49.4. The Hall–Kier alpha value is -6.46. The number of fused-ring (bicyclic) bond motifs is 5. The molecule has 11 atom stereocenters. The van der Waals surface area contributed by atoms with E-state index in [4.69, 9.17) is 28.4 Å². The maximum Gasteiger partial charge on any atom is 0.338 e. The number of amides is 1. The van der Waals surface area contributed by atoms with Crippen LogP contribution < -0.4 is 10.1 Å². The average molecular weight is 936 g/mol. The van der Waals surface area contributed by atoms with Crippen LogP contribution in [0.3, 0.4) is 0 Å². The molecule has 3 fully saturated rings. The van der Waals surface area contributed by atoms with E-state index in [1.807, 2.05) is 0 Å². The number of carbonyl (C=O) groups excluding carboxylic acids is 6. The SMILES string of the molecule is C=CCCOc1ccccc1[C@H](NC(=O)c1ccccc1)[C@@H](O)C(=O)O[C@H]1C[C@@]2(O)[C@@H](OC(=O)c3ccccc3)[C@@H]3[C@]4(OC(=O)C=C)CO[C@@H]4C[C@H](O)[C@@]3(C)C(=O)[C@H](OC(C)=O)C(=C1C)C2(C)C. The fourth-order valence-electron chi connectivity index (χ4n) is 10.6. The molecule has 7 rings (SSSR count). The summed E-state index contributed by atoms with van der Waals surface area (Å²) in [6.07, 6.45) is -8.00. The molecule has 360 valence electrons. The van der Waals surface area contributed by atoms with Crippen molar-refractivity contribution in [1.29, 1.82) is 0 Å². The van der Waals surface area contributed by atoms with Crippen molar-refractivity contribution in [3.05, 3.63) is 138 Å². The summed E-state index contributed by atoms with van der Waals surface area (Å²) in [7, 11) is 0. The van der Waals surface area contributed by atoms with Gasteiger partial charge >= 0.3 is 23.9 Å². The first-order valence-corrected chi connectivity index (χ1v) is 22.4. The van der Waals surface area contributed by atoms with Gasteiger partial charge in [-0.3, -0.25) is 14.4 Å². The van der Waals surface area contributed by atoms with Crippen molar-refractivity contribution in [1.82, 2.24) is 5.32 Å². The number of esters is 4. The number of aliphatic hydroxyl groups is 3. The molecule has 2 saturated carbocycles. The summed E-state index contributed by atoms with van der Waals surface area (Å²) in [4.78, 5) is 84.9. The molecule has 0 unspecified atom stereocenters. The van der Waals surface area contributed by atoms with E-state index in [1.54, 1.807) is 92.7 Å². The number of aliphatic hydroxyl groups excluding tert-OH is 2. The lowest BCUT2D eigenvalue weighted by atomic mass is 9.44. The minimum atomic E-state index is -2.45. The van der Waals surface area contributed by atoms with Crippen LogP contribution in [0.2, 0.25) is 0 Å². The highest BCUT2D eigenvalue weighted by Crippen LogP contribution is 2.64. The maximum absolute atomic E-state index is 15.6. The van der Waals surface area contributed by atoms with Crippen molar-refractivity contribution < 1.29 is 72.5 Å². The summed E-state index contributed by atoms with van der Waals surface area (Å²) in [6.45, 7) is 14.1. The molecular formula is C52H57NO15. The molecule has 0 aromatic heterocycles.